The fourth-order valence-corrected chi connectivity index (χ4v) is 0.770. The molecule has 0 fully saturated rings. The first-order chi connectivity index (χ1) is 12.0. The van der Waals surface area contributed by atoms with E-state index in [0.29, 0.717) is 10.8 Å². The number of benzene rings is 2. The van der Waals surface area contributed by atoms with Gasteiger partial charge in [-0.05, 0) is 10.8 Å². The van der Waals surface area contributed by atoms with Gasteiger partial charge in [-0.25, -0.2) is 8.42 Å². The van der Waals surface area contributed by atoms with Crippen LogP contribution in [0.2, 0.25) is 0 Å². The van der Waals surface area contributed by atoms with Gasteiger partial charge in [0, 0.05) is 12.5 Å². The summed E-state index contributed by atoms with van der Waals surface area (Å²) >= 11 is 0. The lowest BCUT2D eigenvalue weighted by Gasteiger charge is -2.05. The summed E-state index contributed by atoms with van der Waals surface area (Å²) in [6.07, 6.45) is 2.32. The molecule has 0 bridgehead atoms. The third kappa shape index (κ3) is 113. The third-order valence-electron chi connectivity index (χ3n) is 1.33. The Morgan fingerprint density at radius 2 is 0.444 bits per heavy atom. The molecule has 0 atom stereocenters. The molecule has 3 heteroatoms. The van der Waals surface area contributed by atoms with Crippen LogP contribution in [0.3, 0.4) is 0 Å². The lowest BCUT2D eigenvalue weighted by atomic mass is 10.0. The van der Waals surface area contributed by atoms with E-state index in [-0.39, 0.29) is 0 Å². The Balaban J connectivity index is -0.000000268. The second-order valence-corrected chi connectivity index (χ2v) is 11.7. The van der Waals surface area contributed by atoms with Crippen molar-refractivity contribution in [2.75, 3.05) is 12.5 Å². The van der Waals surface area contributed by atoms with Crippen LogP contribution in [-0.4, -0.2) is 20.9 Å². The first-order valence-corrected chi connectivity index (χ1v) is 11.4. The molecule has 0 aromatic heterocycles. The molecule has 0 aliphatic heterocycles. The van der Waals surface area contributed by atoms with E-state index >= 15 is 0 Å². The molecule has 0 saturated heterocycles. The van der Waals surface area contributed by atoms with Gasteiger partial charge in [-0.15, -0.1) is 0 Å². The summed E-state index contributed by atoms with van der Waals surface area (Å²) in [7, 11) is -2.67. The molecule has 0 amide bonds. The van der Waals surface area contributed by atoms with Crippen molar-refractivity contribution < 1.29 is 8.42 Å². The van der Waals surface area contributed by atoms with E-state index in [4.69, 9.17) is 0 Å². The van der Waals surface area contributed by atoms with Crippen LogP contribution in [0.5, 0.6) is 0 Å². The summed E-state index contributed by atoms with van der Waals surface area (Å²) in [6.45, 7) is 17.5. The molecular weight excluding hydrogens is 352 g/mol. The van der Waals surface area contributed by atoms with Gasteiger partial charge in [0.2, 0.25) is 0 Å². The average molecular weight is 395 g/mol. The van der Waals surface area contributed by atoms with Crippen molar-refractivity contribution in [2.45, 2.75) is 55.4 Å². The minimum absolute atomic E-state index is 0.500. The first kappa shape index (κ1) is 30.1. The Morgan fingerprint density at radius 1 is 0.407 bits per heavy atom. The van der Waals surface area contributed by atoms with E-state index in [2.05, 4.69) is 55.4 Å². The van der Waals surface area contributed by atoms with Crippen LogP contribution in [-0.2, 0) is 9.84 Å². The minimum Gasteiger partial charge on any atom is -0.229 e. The van der Waals surface area contributed by atoms with E-state index in [9.17, 15) is 8.42 Å². The molecule has 0 N–H and O–H groups in total. The second kappa shape index (κ2) is 16.6. The SMILES string of the molecule is CC(C)(C)C.CC(C)(C)C.CS(C)(=O)=O.c1ccccc1.c1ccccc1. The monoisotopic (exact) mass is 394 g/mol. The van der Waals surface area contributed by atoms with Crippen molar-refractivity contribution in [2.24, 2.45) is 10.8 Å². The number of hydrogen-bond acceptors (Lipinski definition) is 2. The maximum atomic E-state index is 9.63. The predicted octanol–water partition coefficient (Wildman–Crippen LogP) is 7.14. The Labute approximate surface area is 170 Å². The summed E-state index contributed by atoms with van der Waals surface area (Å²) in [5, 5.41) is 0. The van der Waals surface area contributed by atoms with Crippen molar-refractivity contribution in [1.82, 2.24) is 0 Å². The van der Waals surface area contributed by atoms with Gasteiger partial charge in [0.15, 0.2) is 0 Å². The van der Waals surface area contributed by atoms with E-state index in [1.807, 2.05) is 72.8 Å². The van der Waals surface area contributed by atoms with Crippen LogP contribution in [0.4, 0.5) is 0 Å². The zero-order chi connectivity index (χ0) is 22.0. The normalized spacial score (nSPS) is 10.1. The zero-order valence-corrected chi connectivity index (χ0v) is 20.0. The Kier molecular flexibility index (Phi) is 18.5. The van der Waals surface area contributed by atoms with Gasteiger partial charge in [0.25, 0.3) is 0 Å². The van der Waals surface area contributed by atoms with Gasteiger partial charge in [-0.1, -0.05) is 128 Å². The largest absolute Gasteiger partial charge is 0.229 e. The molecule has 2 aromatic rings. The topological polar surface area (TPSA) is 34.1 Å². The predicted molar refractivity (Wildman–Crippen MR) is 124 cm³/mol. The minimum atomic E-state index is -2.67. The summed E-state index contributed by atoms with van der Waals surface area (Å²) in [5.41, 5.74) is 1.00. The average Bonchev–Trinajstić information content (AvgIpc) is 2.46. The molecule has 0 unspecified atom stereocenters. The summed E-state index contributed by atoms with van der Waals surface area (Å²) in [5.74, 6) is 0. The highest BCUT2D eigenvalue weighted by Gasteiger charge is 1.96. The van der Waals surface area contributed by atoms with Crippen LogP contribution in [0.25, 0.3) is 0 Å². The molecule has 2 rings (SSSR count). The van der Waals surface area contributed by atoms with E-state index in [0.717, 1.165) is 12.5 Å². The quantitative estimate of drug-likeness (QED) is 0.476. The maximum Gasteiger partial charge on any atom is 0.144 e. The van der Waals surface area contributed by atoms with E-state index < -0.39 is 9.84 Å². The van der Waals surface area contributed by atoms with Crippen molar-refractivity contribution in [1.29, 1.82) is 0 Å². The van der Waals surface area contributed by atoms with Crippen molar-refractivity contribution in [3.63, 3.8) is 0 Å². The van der Waals surface area contributed by atoms with Crippen LogP contribution in [0, 0.1) is 10.8 Å². The molecule has 0 radical (unpaired) electrons. The third-order valence-corrected chi connectivity index (χ3v) is 1.33. The molecular formula is C24H42O2S. The first-order valence-electron chi connectivity index (χ1n) is 9.15. The van der Waals surface area contributed by atoms with Crippen LogP contribution >= 0.6 is 0 Å². The molecule has 27 heavy (non-hydrogen) atoms. The lowest BCUT2D eigenvalue weighted by molar-refractivity contribution is 0.469. The molecule has 0 aliphatic carbocycles. The fourth-order valence-electron chi connectivity index (χ4n) is 0.770. The van der Waals surface area contributed by atoms with Crippen LogP contribution < -0.4 is 0 Å². The van der Waals surface area contributed by atoms with Crippen molar-refractivity contribution >= 4 is 9.84 Å². The Hall–Kier alpha value is -1.61. The summed E-state index contributed by atoms with van der Waals surface area (Å²) in [6, 6.07) is 24.0. The Bertz CT molecular complexity index is 488. The zero-order valence-electron chi connectivity index (χ0n) is 19.2. The Morgan fingerprint density at radius 3 is 0.481 bits per heavy atom. The molecule has 2 nitrogen and oxygen atoms in total. The van der Waals surface area contributed by atoms with Crippen molar-refractivity contribution in [3.05, 3.63) is 72.8 Å². The van der Waals surface area contributed by atoms with E-state index in [1.54, 1.807) is 0 Å². The molecule has 2 aromatic carbocycles. The highest BCUT2D eigenvalue weighted by atomic mass is 32.2. The molecule has 0 spiro atoms. The van der Waals surface area contributed by atoms with Crippen molar-refractivity contribution in [3.8, 4) is 0 Å². The van der Waals surface area contributed by atoms with Crippen LogP contribution in [0.15, 0.2) is 72.8 Å². The summed E-state index contributed by atoms with van der Waals surface area (Å²) < 4.78 is 19.3. The summed E-state index contributed by atoms with van der Waals surface area (Å²) in [4.78, 5) is 0. The van der Waals surface area contributed by atoms with Gasteiger partial charge in [0.1, 0.15) is 9.84 Å². The van der Waals surface area contributed by atoms with Gasteiger partial charge < -0.3 is 0 Å². The highest BCUT2D eigenvalue weighted by molar-refractivity contribution is 7.89. The molecule has 0 heterocycles. The number of hydrogen-bond donors (Lipinski definition) is 0. The second-order valence-electron chi connectivity index (χ2n) is 9.45. The van der Waals surface area contributed by atoms with Gasteiger partial charge >= 0.3 is 0 Å². The maximum absolute atomic E-state index is 9.63. The van der Waals surface area contributed by atoms with Gasteiger partial charge in [-0.3, -0.25) is 0 Å². The molecule has 0 saturated carbocycles. The standard InChI is InChI=1S/2C6H6.2C5H12.C2H6O2S/c2*1-2-4-6-5-3-1;3*1-5(2,3)4/h2*1-6H;2*1-4H3;1-2H3. The number of sulfone groups is 1. The van der Waals surface area contributed by atoms with E-state index in [1.165, 1.54) is 0 Å². The molecule has 0 aliphatic rings. The highest BCUT2D eigenvalue weighted by Crippen LogP contribution is 2.08. The molecule has 156 valence electrons. The fraction of sp³-hybridized carbons (Fsp3) is 0.500. The van der Waals surface area contributed by atoms with Crippen LogP contribution in [0.1, 0.15) is 55.4 Å². The lowest BCUT2D eigenvalue weighted by Crippen LogP contribution is -1.93. The number of rotatable bonds is 0. The smallest absolute Gasteiger partial charge is 0.144 e. The van der Waals surface area contributed by atoms with Gasteiger partial charge in [-0.2, -0.15) is 0 Å². The van der Waals surface area contributed by atoms with Gasteiger partial charge in [0.05, 0.1) is 0 Å².